The second-order valence-corrected chi connectivity index (χ2v) is 9.75. The minimum Gasteiger partial charge on any atom is -0.493 e. The molecule has 1 aliphatic heterocycles. The Morgan fingerprint density at radius 2 is 1.79 bits per heavy atom. The van der Waals surface area contributed by atoms with E-state index in [-0.39, 0.29) is 29.8 Å². The zero-order chi connectivity index (χ0) is 23.4. The van der Waals surface area contributed by atoms with Crippen molar-refractivity contribution >= 4 is 26.7 Å². The Bertz CT molecular complexity index is 1250. The first-order valence-electron chi connectivity index (χ1n) is 10.9. The summed E-state index contributed by atoms with van der Waals surface area (Å²) in [7, 11) is -0.855. The van der Waals surface area contributed by atoms with Crippen molar-refractivity contribution < 1.29 is 22.7 Å². The summed E-state index contributed by atoms with van der Waals surface area (Å²) in [4.78, 5) is 15.0. The molecule has 0 radical (unpaired) electrons. The number of likely N-dealkylation sites (tertiary alicyclic amines) is 1. The highest BCUT2D eigenvalue weighted by Gasteiger charge is 2.30. The summed E-state index contributed by atoms with van der Waals surface area (Å²) in [5, 5.41) is 2.30. The van der Waals surface area contributed by atoms with E-state index in [1.165, 1.54) is 32.4 Å². The first-order chi connectivity index (χ1) is 15.9. The van der Waals surface area contributed by atoms with Crippen LogP contribution in [0.5, 0.6) is 11.5 Å². The molecule has 1 atom stereocenters. The lowest BCUT2D eigenvalue weighted by atomic mass is 9.97. The van der Waals surface area contributed by atoms with E-state index in [1.807, 2.05) is 23.1 Å². The number of nitrogens with zero attached hydrogens (tertiary/aromatic N) is 1. The minimum absolute atomic E-state index is 0.00561. The number of rotatable bonds is 8. The number of benzene rings is 3. The van der Waals surface area contributed by atoms with E-state index >= 15 is 0 Å². The number of fused-ring (bicyclic) bond motifs is 1. The summed E-state index contributed by atoms with van der Waals surface area (Å²) in [5.41, 5.74) is 1.14. The van der Waals surface area contributed by atoms with Gasteiger partial charge in [0.2, 0.25) is 15.9 Å². The Kier molecular flexibility index (Phi) is 6.85. The van der Waals surface area contributed by atoms with E-state index < -0.39 is 10.0 Å². The van der Waals surface area contributed by atoms with Gasteiger partial charge in [-0.25, -0.2) is 13.1 Å². The third-order valence-electron chi connectivity index (χ3n) is 6.05. The van der Waals surface area contributed by atoms with Crippen molar-refractivity contribution in [2.75, 3.05) is 27.3 Å². The predicted molar refractivity (Wildman–Crippen MR) is 127 cm³/mol. The average molecular weight is 469 g/mol. The number of carbonyl (C=O) groups is 1. The van der Waals surface area contributed by atoms with Gasteiger partial charge in [0.1, 0.15) is 0 Å². The zero-order valence-corrected chi connectivity index (χ0v) is 19.6. The second kappa shape index (κ2) is 9.80. The SMILES string of the molecule is COc1ccc(S(=O)(=O)NCCC(=O)N2CCCC2c2cccc3ccccc23)cc1OC. The monoisotopic (exact) mass is 468 g/mol. The topological polar surface area (TPSA) is 84.9 Å². The number of methoxy groups -OCH3 is 2. The third kappa shape index (κ3) is 4.82. The van der Waals surface area contributed by atoms with E-state index in [1.54, 1.807) is 0 Å². The Labute approximate surface area is 194 Å². The van der Waals surface area contributed by atoms with Gasteiger partial charge in [-0.05, 0) is 41.3 Å². The van der Waals surface area contributed by atoms with Crippen LogP contribution in [0.3, 0.4) is 0 Å². The Balaban J connectivity index is 1.43. The summed E-state index contributed by atoms with van der Waals surface area (Å²) in [5.74, 6) is 0.715. The minimum atomic E-state index is -3.79. The van der Waals surface area contributed by atoms with Gasteiger partial charge < -0.3 is 14.4 Å². The summed E-state index contributed by atoms with van der Waals surface area (Å²) >= 11 is 0. The van der Waals surface area contributed by atoms with Crippen LogP contribution in [0.4, 0.5) is 0 Å². The maximum Gasteiger partial charge on any atom is 0.240 e. The Morgan fingerprint density at radius 1 is 1.03 bits per heavy atom. The van der Waals surface area contributed by atoms with Gasteiger partial charge in [-0.15, -0.1) is 0 Å². The first kappa shape index (κ1) is 23.1. The smallest absolute Gasteiger partial charge is 0.240 e. The molecule has 1 amide bonds. The largest absolute Gasteiger partial charge is 0.493 e. The Morgan fingerprint density at radius 3 is 2.58 bits per heavy atom. The van der Waals surface area contributed by atoms with E-state index in [4.69, 9.17) is 9.47 Å². The molecule has 1 heterocycles. The van der Waals surface area contributed by atoms with Crippen molar-refractivity contribution in [3.63, 3.8) is 0 Å². The van der Waals surface area contributed by atoms with Gasteiger partial charge in [0, 0.05) is 25.6 Å². The van der Waals surface area contributed by atoms with Gasteiger partial charge in [0.25, 0.3) is 0 Å². The molecular formula is C25H28N2O5S. The zero-order valence-electron chi connectivity index (χ0n) is 18.8. The molecule has 1 fully saturated rings. The molecule has 4 rings (SSSR count). The number of hydrogen-bond acceptors (Lipinski definition) is 5. The number of hydrogen-bond donors (Lipinski definition) is 1. The fraction of sp³-hybridized carbons (Fsp3) is 0.320. The van der Waals surface area contributed by atoms with Crippen LogP contribution in [0.25, 0.3) is 10.8 Å². The van der Waals surface area contributed by atoms with Crippen LogP contribution >= 0.6 is 0 Å². The lowest BCUT2D eigenvalue weighted by Crippen LogP contribution is -2.34. The lowest BCUT2D eigenvalue weighted by molar-refractivity contribution is -0.131. The van der Waals surface area contributed by atoms with E-state index in [9.17, 15) is 13.2 Å². The molecule has 0 aliphatic carbocycles. The van der Waals surface area contributed by atoms with Crippen LogP contribution in [0.1, 0.15) is 30.9 Å². The highest BCUT2D eigenvalue weighted by Crippen LogP contribution is 2.36. The molecular weight excluding hydrogens is 440 g/mol. The molecule has 0 aromatic heterocycles. The van der Waals surface area contributed by atoms with E-state index in [0.29, 0.717) is 18.0 Å². The quantitative estimate of drug-likeness (QED) is 0.542. The molecule has 3 aromatic rings. The summed E-state index contributed by atoms with van der Waals surface area (Å²) in [6.07, 6.45) is 1.92. The highest BCUT2D eigenvalue weighted by atomic mass is 32.2. The fourth-order valence-electron chi connectivity index (χ4n) is 4.43. The maximum atomic E-state index is 13.0. The normalized spacial score (nSPS) is 16.2. The van der Waals surface area contributed by atoms with Crippen molar-refractivity contribution in [2.24, 2.45) is 0 Å². The molecule has 1 N–H and O–H groups in total. The molecule has 0 bridgehead atoms. The van der Waals surface area contributed by atoms with E-state index in [2.05, 4.69) is 29.0 Å². The van der Waals surface area contributed by atoms with Crippen LogP contribution in [-0.2, 0) is 14.8 Å². The number of carbonyl (C=O) groups excluding carboxylic acids is 1. The maximum absolute atomic E-state index is 13.0. The molecule has 33 heavy (non-hydrogen) atoms. The molecule has 1 saturated heterocycles. The van der Waals surface area contributed by atoms with Crippen molar-refractivity contribution in [1.82, 2.24) is 9.62 Å². The fourth-order valence-corrected chi connectivity index (χ4v) is 5.48. The van der Waals surface area contributed by atoms with Gasteiger partial charge in [-0.1, -0.05) is 42.5 Å². The highest BCUT2D eigenvalue weighted by molar-refractivity contribution is 7.89. The van der Waals surface area contributed by atoms with Gasteiger partial charge in [0.05, 0.1) is 25.2 Å². The number of sulfonamides is 1. The average Bonchev–Trinajstić information content (AvgIpc) is 3.33. The number of amides is 1. The van der Waals surface area contributed by atoms with Gasteiger partial charge in [0.15, 0.2) is 11.5 Å². The summed E-state index contributed by atoms with van der Waals surface area (Å²) < 4.78 is 38.3. The van der Waals surface area contributed by atoms with Gasteiger partial charge in [-0.2, -0.15) is 0 Å². The van der Waals surface area contributed by atoms with Crippen LogP contribution < -0.4 is 14.2 Å². The van der Waals surface area contributed by atoms with Crippen molar-refractivity contribution in [3.8, 4) is 11.5 Å². The molecule has 174 valence electrons. The number of ether oxygens (including phenoxy) is 2. The summed E-state index contributed by atoms with van der Waals surface area (Å²) in [6.45, 7) is 0.698. The van der Waals surface area contributed by atoms with Crippen LogP contribution in [0.15, 0.2) is 65.6 Å². The van der Waals surface area contributed by atoms with Crippen molar-refractivity contribution in [1.29, 1.82) is 0 Å². The van der Waals surface area contributed by atoms with Crippen molar-refractivity contribution in [3.05, 3.63) is 66.2 Å². The lowest BCUT2D eigenvalue weighted by Gasteiger charge is -2.26. The van der Waals surface area contributed by atoms with Gasteiger partial charge in [-0.3, -0.25) is 4.79 Å². The molecule has 1 unspecified atom stereocenters. The molecule has 1 aliphatic rings. The Hall–Kier alpha value is -3.10. The standard InChI is InChI=1S/C25H28N2O5S/c1-31-23-13-12-19(17-24(23)32-2)33(29,30)26-15-14-25(28)27-16-6-11-22(27)21-10-5-8-18-7-3-4-9-20(18)21/h3-5,7-10,12-13,17,22,26H,6,11,14-16H2,1-2H3. The number of nitrogens with one attached hydrogen (secondary N) is 1. The molecule has 3 aromatic carbocycles. The molecule has 0 spiro atoms. The molecule has 8 heteroatoms. The van der Waals surface area contributed by atoms with Crippen LogP contribution in [-0.4, -0.2) is 46.5 Å². The summed E-state index contributed by atoms with van der Waals surface area (Å²) in [6, 6.07) is 18.7. The van der Waals surface area contributed by atoms with Gasteiger partial charge >= 0.3 is 0 Å². The molecule has 7 nitrogen and oxygen atoms in total. The molecule has 0 saturated carbocycles. The predicted octanol–water partition coefficient (Wildman–Crippen LogP) is 3.89. The van der Waals surface area contributed by atoms with Crippen molar-refractivity contribution in [2.45, 2.75) is 30.2 Å². The van der Waals surface area contributed by atoms with Crippen LogP contribution in [0, 0.1) is 0 Å². The van der Waals surface area contributed by atoms with Crippen LogP contribution in [0.2, 0.25) is 0 Å². The first-order valence-corrected chi connectivity index (χ1v) is 12.4. The second-order valence-electron chi connectivity index (χ2n) is 7.98. The van der Waals surface area contributed by atoms with E-state index in [0.717, 1.165) is 29.2 Å². The third-order valence-corrected chi connectivity index (χ3v) is 7.51.